The van der Waals surface area contributed by atoms with Gasteiger partial charge in [0.05, 0.1) is 12.6 Å². The van der Waals surface area contributed by atoms with Crippen molar-refractivity contribution < 1.29 is 9.63 Å². The van der Waals surface area contributed by atoms with Crippen LogP contribution in [-0.4, -0.2) is 41.8 Å². The first-order chi connectivity index (χ1) is 10.6. The minimum absolute atomic E-state index is 0. The molecule has 0 saturated heterocycles. The highest BCUT2D eigenvalue weighted by molar-refractivity contribution is 14.0. The molecular formula is C15H20ClIN4O2. The quantitative estimate of drug-likeness (QED) is 0.416. The second-order valence-electron chi connectivity index (χ2n) is 4.85. The van der Waals surface area contributed by atoms with Crippen LogP contribution in [0.1, 0.15) is 17.4 Å². The number of aliphatic imine (C=N–C) groups is 1. The Hall–Kier alpha value is -1.32. The average molecular weight is 451 g/mol. The highest BCUT2D eigenvalue weighted by atomic mass is 127. The summed E-state index contributed by atoms with van der Waals surface area (Å²) in [5.74, 6) is 0.657. The maximum Gasteiger partial charge on any atom is 0.193 e. The van der Waals surface area contributed by atoms with Gasteiger partial charge in [-0.05, 0) is 17.7 Å². The van der Waals surface area contributed by atoms with Crippen LogP contribution in [-0.2, 0) is 6.54 Å². The Bertz CT molecular complexity index is 622. The Morgan fingerprint density at radius 2 is 2.26 bits per heavy atom. The smallest absolute Gasteiger partial charge is 0.193 e. The van der Waals surface area contributed by atoms with E-state index in [1.165, 1.54) is 6.26 Å². The van der Waals surface area contributed by atoms with E-state index in [4.69, 9.17) is 16.1 Å². The fourth-order valence-corrected chi connectivity index (χ4v) is 2.24. The monoisotopic (exact) mass is 450 g/mol. The van der Waals surface area contributed by atoms with E-state index < -0.39 is 6.10 Å². The molecule has 0 saturated carbocycles. The van der Waals surface area contributed by atoms with E-state index >= 15 is 0 Å². The number of benzene rings is 1. The topological polar surface area (TPSA) is 73.9 Å². The second-order valence-corrected chi connectivity index (χ2v) is 5.28. The molecule has 0 aliphatic heterocycles. The molecule has 0 spiro atoms. The highest BCUT2D eigenvalue weighted by Crippen LogP contribution is 2.17. The molecule has 126 valence electrons. The van der Waals surface area contributed by atoms with Gasteiger partial charge in [0, 0.05) is 31.7 Å². The molecule has 8 heteroatoms. The lowest BCUT2D eigenvalue weighted by Crippen LogP contribution is -2.40. The van der Waals surface area contributed by atoms with Gasteiger partial charge in [-0.15, -0.1) is 24.0 Å². The Labute approximate surface area is 157 Å². The van der Waals surface area contributed by atoms with E-state index in [-0.39, 0.29) is 24.0 Å². The van der Waals surface area contributed by atoms with E-state index in [0.717, 1.165) is 11.3 Å². The number of nitrogens with zero attached hydrogens (tertiary/aromatic N) is 3. The van der Waals surface area contributed by atoms with Crippen LogP contribution < -0.4 is 5.32 Å². The predicted octanol–water partition coefficient (Wildman–Crippen LogP) is 2.69. The number of hydrogen-bond acceptors (Lipinski definition) is 4. The summed E-state index contributed by atoms with van der Waals surface area (Å²) in [6.45, 7) is 0.888. The van der Waals surface area contributed by atoms with Crippen LogP contribution in [0, 0.1) is 0 Å². The molecule has 1 aromatic carbocycles. The molecule has 1 unspecified atom stereocenters. The summed E-state index contributed by atoms with van der Waals surface area (Å²) >= 11 is 5.93. The molecular weight excluding hydrogens is 431 g/mol. The van der Waals surface area contributed by atoms with Crippen LogP contribution in [0.15, 0.2) is 46.1 Å². The van der Waals surface area contributed by atoms with Gasteiger partial charge in [-0.25, -0.2) is 0 Å². The zero-order valence-corrected chi connectivity index (χ0v) is 16.0. The van der Waals surface area contributed by atoms with Crippen LogP contribution >= 0.6 is 35.6 Å². The third-order valence-electron chi connectivity index (χ3n) is 3.15. The Morgan fingerprint density at radius 1 is 1.48 bits per heavy atom. The summed E-state index contributed by atoms with van der Waals surface area (Å²) in [4.78, 5) is 6.08. The van der Waals surface area contributed by atoms with Gasteiger partial charge in [-0.3, -0.25) is 4.99 Å². The van der Waals surface area contributed by atoms with Crippen molar-refractivity contribution in [2.75, 3.05) is 20.6 Å². The Morgan fingerprint density at radius 3 is 2.87 bits per heavy atom. The van der Waals surface area contributed by atoms with E-state index in [0.29, 0.717) is 24.1 Å². The van der Waals surface area contributed by atoms with Gasteiger partial charge in [0.1, 0.15) is 12.0 Å². The normalized spacial score (nSPS) is 12.4. The van der Waals surface area contributed by atoms with Gasteiger partial charge in [-0.1, -0.05) is 28.9 Å². The Balaban J connectivity index is 0.00000264. The van der Waals surface area contributed by atoms with E-state index in [9.17, 15) is 5.11 Å². The second kappa shape index (κ2) is 9.74. The summed E-state index contributed by atoms with van der Waals surface area (Å²) in [7, 11) is 3.57. The van der Waals surface area contributed by atoms with Gasteiger partial charge in [-0.2, -0.15) is 0 Å². The zero-order chi connectivity index (χ0) is 15.9. The molecule has 1 heterocycles. The lowest BCUT2D eigenvalue weighted by atomic mass is 10.1. The molecule has 0 amide bonds. The predicted molar refractivity (Wildman–Crippen MR) is 101 cm³/mol. The fourth-order valence-electron chi connectivity index (χ4n) is 2.04. The number of rotatable bonds is 5. The van der Waals surface area contributed by atoms with E-state index in [1.54, 1.807) is 25.2 Å². The molecule has 1 atom stereocenters. The highest BCUT2D eigenvalue weighted by Gasteiger charge is 2.12. The standard InChI is InChI=1S/C15H19ClN4O2.HI/c1-17-15(20(2)10-13-6-7-22-19-13)18-9-14(21)11-4-3-5-12(16)8-11;/h3-8,14,21H,9-10H2,1-2H3,(H,17,18);1H. The van der Waals surface area contributed by atoms with Gasteiger partial charge in [0.25, 0.3) is 0 Å². The first-order valence-electron chi connectivity index (χ1n) is 6.84. The van der Waals surface area contributed by atoms with Crippen molar-refractivity contribution in [3.8, 4) is 0 Å². The van der Waals surface area contributed by atoms with E-state index in [1.807, 2.05) is 24.1 Å². The molecule has 0 aliphatic rings. The number of aliphatic hydroxyl groups excluding tert-OH is 1. The number of aliphatic hydroxyl groups is 1. The first-order valence-corrected chi connectivity index (χ1v) is 7.22. The van der Waals surface area contributed by atoms with Crippen LogP contribution in [0.5, 0.6) is 0 Å². The molecule has 0 fully saturated rings. The summed E-state index contributed by atoms with van der Waals surface area (Å²) in [6, 6.07) is 8.96. The van der Waals surface area contributed by atoms with Crippen molar-refractivity contribution in [1.29, 1.82) is 0 Å². The zero-order valence-electron chi connectivity index (χ0n) is 12.9. The maximum absolute atomic E-state index is 10.2. The number of hydrogen-bond donors (Lipinski definition) is 2. The molecule has 0 aliphatic carbocycles. The van der Waals surface area contributed by atoms with Crippen LogP contribution in [0.2, 0.25) is 5.02 Å². The Kier molecular flexibility index (Phi) is 8.35. The number of nitrogens with one attached hydrogen (secondary N) is 1. The minimum Gasteiger partial charge on any atom is -0.387 e. The lowest BCUT2D eigenvalue weighted by Gasteiger charge is -2.22. The third-order valence-corrected chi connectivity index (χ3v) is 3.39. The fraction of sp³-hybridized carbons (Fsp3) is 0.333. The van der Waals surface area contributed by atoms with Crippen molar-refractivity contribution >= 4 is 41.5 Å². The summed E-state index contributed by atoms with van der Waals surface area (Å²) in [5.41, 5.74) is 1.57. The first kappa shape index (κ1) is 19.7. The molecule has 2 N–H and O–H groups in total. The van der Waals surface area contributed by atoms with E-state index in [2.05, 4.69) is 15.5 Å². The van der Waals surface area contributed by atoms with Crippen LogP contribution in [0.3, 0.4) is 0 Å². The third kappa shape index (κ3) is 6.00. The lowest BCUT2D eigenvalue weighted by molar-refractivity contribution is 0.179. The number of halogens is 2. The summed E-state index contributed by atoms with van der Waals surface area (Å²) in [6.07, 6.45) is 0.860. The number of aromatic nitrogens is 1. The van der Waals surface area contributed by atoms with Crippen molar-refractivity contribution in [1.82, 2.24) is 15.4 Å². The van der Waals surface area contributed by atoms with Crippen molar-refractivity contribution in [3.05, 3.63) is 52.9 Å². The molecule has 6 nitrogen and oxygen atoms in total. The molecule has 23 heavy (non-hydrogen) atoms. The number of guanidine groups is 1. The molecule has 0 bridgehead atoms. The van der Waals surface area contributed by atoms with Crippen LogP contribution in [0.4, 0.5) is 0 Å². The van der Waals surface area contributed by atoms with Gasteiger partial charge in [0.15, 0.2) is 5.96 Å². The van der Waals surface area contributed by atoms with Crippen LogP contribution in [0.25, 0.3) is 0 Å². The maximum atomic E-state index is 10.2. The van der Waals surface area contributed by atoms with Gasteiger partial charge >= 0.3 is 0 Å². The van der Waals surface area contributed by atoms with Gasteiger partial charge in [0.2, 0.25) is 0 Å². The van der Waals surface area contributed by atoms with Crippen molar-refractivity contribution in [2.24, 2.45) is 4.99 Å². The SMILES string of the molecule is CN=C(NCC(O)c1cccc(Cl)c1)N(C)Cc1ccon1.I. The molecule has 2 aromatic rings. The average Bonchev–Trinajstić information content (AvgIpc) is 3.00. The van der Waals surface area contributed by atoms with Gasteiger partial charge < -0.3 is 19.8 Å². The molecule has 2 rings (SSSR count). The minimum atomic E-state index is -0.670. The summed E-state index contributed by atoms with van der Waals surface area (Å²) in [5, 5.41) is 17.8. The van der Waals surface area contributed by atoms with Crippen molar-refractivity contribution in [2.45, 2.75) is 12.6 Å². The molecule has 0 radical (unpaired) electrons. The largest absolute Gasteiger partial charge is 0.387 e. The molecule has 1 aromatic heterocycles. The van der Waals surface area contributed by atoms with Crippen molar-refractivity contribution in [3.63, 3.8) is 0 Å². The summed E-state index contributed by atoms with van der Waals surface area (Å²) < 4.78 is 4.81.